The van der Waals surface area contributed by atoms with Gasteiger partial charge >= 0.3 is 0 Å². The van der Waals surface area contributed by atoms with Crippen molar-refractivity contribution in [2.24, 2.45) is 29.6 Å². The highest BCUT2D eigenvalue weighted by molar-refractivity contribution is 7.16. The largest absolute Gasteiger partial charge is 0.312 e. The van der Waals surface area contributed by atoms with Crippen LogP contribution in [0.5, 0.6) is 0 Å². The molecule has 0 saturated heterocycles. The third-order valence-corrected chi connectivity index (χ3v) is 6.71. The summed E-state index contributed by atoms with van der Waals surface area (Å²) in [5.74, 6) is 5.09. The van der Waals surface area contributed by atoms with Crippen molar-refractivity contribution >= 4 is 22.9 Å². The second-order valence-electron chi connectivity index (χ2n) is 5.97. The zero-order chi connectivity index (χ0) is 11.6. The minimum absolute atomic E-state index is 0.561. The van der Waals surface area contributed by atoms with Crippen LogP contribution >= 0.6 is 22.9 Å². The number of thiophene rings is 1. The topological polar surface area (TPSA) is 12.0 Å². The highest BCUT2D eigenvalue weighted by atomic mass is 35.5. The first kappa shape index (κ1) is 10.8. The summed E-state index contributed by atoms with van der Waals surface area (Å²) in [4.78, 5) is 1.44. The van der Waals surface area contributed by atoms with Gasteiger partial charge in [0.25, 0.3) is 0 Å². The second kappa shape index (κ2) is 3.72. The smallest absolute Gasteiger partial charge is 0.0931 e. The summed E-state index contributed by atoms with van der Waals surface area (Å²) in [5, 5.41) is 3.54. The van der Waals surface area contributed by atoms with E-state index in [1.807, 2.05) is 6.07 Å². The second-order valence-corrected chi connectivity index (χ2v) is 7.72. The van der Waals surface area contributed by atoms with Gasteiger partial charge in [-0.05, 0) is 68.0 Å². The minimum atomic E-state index is 0.561. The first-order valence-corrected chi connectivity index (χ1v) is 7.91. The zero-order valence-electron chi connectivity index (χ0n) is 10.0. The van der Waals surface area contributed by atoms with Gasteiger partial charge in [-0.3, -0.25) is 0 Å². The molecule has 0 aliphatic heterocycles. The van der Waals surface area contributed by atoms with E-state index < -0.39 is 0 Å². The number of hydrogen-bond acceptors (Lipinski definition) is 2. The number of nitrogens with one attached hydrogen (secondary N) is 1. The molecule has 1 aromatic rings. The highest BCUT2D eigenvalue weighted by Crippen LogP contribution is 2.72. The van der Waals surface area contributed by atoms with E-state index in [0.717, 1.165) is 33.9 Å². The van der Waals surface area contributed by atoms with Crippen LogP contribution in [0.15, 0.2) is 12.1 Å². The Kier molecular flexibility index (Phi) is 2.37. The summed E-state index contributed by atoms with van der Waals surface area (Å²) >= 11 is 7.82. The summed E-state index contributed by atoms with van der Waals surface area (Å²) in [6.45, 7) is 0. The van der Waals surface area contributed by atoms with Crippen molar-refractivity contribution in [1.82, 2.24) is 5.32 Å². The molecule has 3 saturated carbocycles. The van der Waals surface area contributed by atoms with Crippen LogP contribution in [0.3, 0.4) is 0 Å². The molecule has 0 radical (unpaired) electrons. The third kappa shape index (κ3) is 1.47. The zero-order valence-corrected chi connectivity index (χ0v) is 11.6. The van der Waals surface area contributed by atoms with E-state index >= 15 is 0 Å². The Morgan fingerprint density at radius 2 is 2.00 bits per heavy atom. The average molecular weight is 268 g/mol. The van der Waals surface area contributed by atoms with Crippen LogP contribution in [0, 0.1) is 29.6 Å². The summed E-state index contributed by atoms with van der Waals surface area (Å²) in [5.41, 5.74) is 0. The Morgan fingerprint density at radius 1 is 1.29 bits per heavy atom. The van der Waals surface area contributed by atoms with E-state index in [-0.39, 0.29) is 0 Å². The van der Waals surface area contributed by atoms with E-state index in [1.165, 1.54) is 24.1 Å². The van der Waals surface area contributed by atoms with E-state index in [1.54, 1.807) is 11.3 Å². The van der Waals surface area contributed by atoms with Crippen LogP contribution in [-0.2, 0) is 0 Å². The first-order chi connectivity index (χ1) is 8.29. The Balaban J connectivity index is 1.59. The maximum Gasteiger partial charge on any atom is 0.0931 e. The minimum Gasteiger partial charge on any atom is -0.312 e. The fourth-order valence-electron chi connectivity index (χ4n) is 4.86. The number of fused-ring (bicyclic) bond motifs is 5. The van der Waals surface area contributed by atoms with Crippen molar-refractivity contribution in [3.8, 4) is 0 Å². The molecular weight excluding hydrogens is 250 g/mol. The maximum absolute atomic E-state index is 6.07. The standard InChI is InChI=1S/C14H18ClNS/c1-16-14(9-4-5-10(15)17-9)13-11-7-2-3-8(6-7)12(11)13/h4-5,7-8,11-14,16H,2-3,6H2,1H3. The molecule has 4 rings (SSSR count). The quantitative estimate of drug-likeness (QED) is 0.874. The lowest BCUT2D eigenvalue weighted by molar-refractivity contribution is 0.389. The van der Waals surface area contributed by atoms with Crippen molar-refractivity contribution in [3.63, 3.8) is 0 Å². The van der Waals surface area contributed by atoms with Gasteiger partial charge in [0.1, 0.15) is 0 Å². The van der Waals surface area contributed by atoms with Crippen molar-refractivity contribution < 1.29 is 0 Å². The van der Waals surface area contributed by atoms with Crippen molar-refractivity contribution in [1.29, 1.82) is 0 Å². The van der Waals surface area contributed by atoms with Crippen LogP contribution in [0.2, 0.25) is 4.34 Å². The van der Waals surface area contributed by atoms with Gasteiger partial charge < -0.3 is 5.32 Å². The van der Waals surface area contributed by atoms with Crippen LogP contribution in [0.4, 0.5) is 0 Å². The van der Waals surface area contributed by atoms with Crippen LogP contribution in [-0.4, -0.2) is 7.05 Å². The molecule has 17 heavy (non-hydrogen) atoms. The predicted octanol–water partition coefficient (Wildman–Crippen LogP) is 3.95. The third-order valence-electron chi connectivity index (χ3n) is 5.39. The summed E-state index contributed by atoms with van der Waals surface area (Å²) < 4.78 is 0.925. The van der Waals surface area contributed by atoms with Crippen molar-refractivity contribution in [2.45, 2.75) is 25.3 Å². The summed E-state index contributed by atoms with van der Waals surface area (Å²) in [6, 6.07) is 4.81. The molecule has 1 N–H and O–H groups in total. The van der Waals surface area contributed by atoms with Crippen LogP contribution in [0.25, 0.3) is 0 Å². The molecule has 2 bridgehead atoms. The molecule has 0 aromatic carbocycles. The number of hydrogen-bond donors (Lipinski definition) is 1. The molecule has 92 valence electrons. The number of halogens is 1. The fourth-order valence-corrected chi connectivity index (χ4v) is 6.09. The fraction of sp³-hybridized carbons (Fsp3) is 0.714. The SMILES string of the molecule is CNC(c1ccc(Cl)s1)C1C2C3CCC(C3)C21. The molecule has 3 heteroatoms. The van der Waals surface area contributed by atoms with E-state index in [0.29, 0.717) is 6.04 Å². The Bertz CT molecular complexity index is 427. The highest BCUT2D eigenvalue weighted by Gasteiger charge is 2.66. The molecule has 3 aliphatic carbocycles. The molecule has 1 aromatic heterocycles. The summed E-state index contributed by atoms with van der Waals surface area (Å²) in [7, 11) is 2.11. The lowest BCUT2D eigenvalue weighted by Crippen LogP contribution is -2.20. The Hall–Kier alpha value is -0.0500. The molecule has 0 amide bonds. The van der Waals surface area contributed by atoms with Gasteiger partial charge in [-0.15, -0.1) is 11.3 Å². The lowest BCUT2D eigenvalue weighted by atomic mass is 9.96. The molecular formula is C14H18ClNS. The molecule has 5 unspecified atom stereocenters. The van der Waals surface area contributed by atoms with Crippen molar-refractivity contribution in [3.05, 3.63) is 21.3 Å². The van der Waals surface area contributed by atoms with Crippen molar-refractivity contribution in [2.75, 3.05) is 7.05 Å². The molecule has 5 atom stereocenters. The van der Waals surface area contributed by atoms with Gasteiger partial charge in [0.15, 0.2) is 0 Å². The van der Waals surface area contributed by atoms with Crippen LogP contribution < -0.4 is 5.32 Å². The average Bonchev–Trinajstić information content (AvgIpc) is 2.73. The Morgan fingerprint density at radius 3 is 2.53 bits per heavy atom. The van der Waals surface area contributed by atoms with E-state index in [2.05, 4.69) is 18.4 Å². The predicted molar refractivity (Wildman–Crippen MR) is 72.4 cm³/mol. The van der Waals surface area contributed by atoms with Gasteiger partial charge in [-0.25, -0.2) is 0 Å². The monoisotopic (exact) mass is 267 g/mol. The van der Waals surface area contributed by atoms with Gasteiger partial charge in [0.2, 0.25) is 0 Å². The van der Waals surface area contributed by atoms with Gasteiger partial charge in [-0.2, -0.15) is 0 Å². The lowest BCUT2D eigenvalue weighted by Gasteiger charge is -2.18. The molecule has 1 heterocycles. The van der Waals surface area contributed by atoms with Gasteiger partial charge in [-0.1, -0.05) is 11.6 Å². The van der Waals surface area contributed by atoms with E-state index in [9.17, 15) is 0 Å². The first-order valence-electron chi connectivity index (χ1n) is 6.72. The molecule has 3 aliphatic rings. The van der Waals surface area contributed by atoms with Gasteiger partial charge in [0, 0.05) is 10.9 Å². The van der Waals surface area contributed by atoms with E-state index in [4.69, 9.17) is 11.6 Å². The molecule has 1 nitrogen and oxygen atoms in total. The summed E-state index contributed by atoms with van der Waals surface area (Å²) in [6.07, 6.45) is 4.54. The molecule has 3 fully saturated rings. The number of rotatable bonds is 3. The van der Waals surface area contributed by atoms with Crippen LogP contribution in [0.1, 0.15) is 30.2 Å². The normalized spacial score (nSPS) is 43.8. The molecule has 0 spiro atoms. The maximum atomic E-state index is 6.07. The van der Waals surface area contributed by atoms with Gasteiger partial charge in [0.05, 0.1) is 4.34 Å². The Labute approximate surface area is 112 Å².